The summed E-state index contributed by atoms with van der Waals surface area (Å²) in [6.07, 6.45) is 6.78. The van der Waals surface area contributed by atoms with E-state index in [1.165, 1.54) is 5.19 Å². The summed E-state index contributed by atoms with van der Waals surface area (Å²) in [4.78, 5) is 0. The van der Waals surface area contributed by atoms with Gasteiger partial charge in [0, 0.05) is 18.2 Å². The summed E-state index contributed by atoms with van der Waals surface area (Å²) in [6, 6.07) is 9.14. The van der Waals surface area contributed by atoms with Crippen LogP contribution >= 0.6 is 11.6 Å². The summed E-state index contributed by atoms with van der Waals surface area (Å²) in [6.45, 7) is 8.19. The predicted molar refractivity (Wildman–Crippen MR) is 98.3 cm³/mol. The SMILES string of the molecule is CCCCO[Si](CCCC)(OCCCC)c1ccc(Cl)cc1. The Morgan fingerprint density at radius 3 is 1.77 bits per heavy atom. The largest absolute Gasteiger partial charge is 0.391 e. The van der Waals surface area contributed by atoms with E-state index in [4.69, 9.17) is 20.5 Å². The molecule has 0 aliphatic heterocycles. The normalized spacial score (nSPS) is 11.8. The second kappa shape index (κ2) is 11.2. The first-order valence-corrected chi connectivity index (χ1v) is 11.1. The topological polar surface area (TPSA) is 18.5 Å². The van der Waals surface area contributed by atoms with Crippen LogP contribution in [0.3, 0.4) is 0 Å². The van der Waals surface area contributed by atoms with Crippen molar-refractivity contribution in [2.75, 3.05) is 13.2 Å². The number of benzene rings is 1. The van der Waals surface area contributed by atoms with Crippen molar-refractivity contribution in [2.45, 2.75) is 65.3 Å². The summed E-state index contributed by atoms with van der Waals surface area (Å²) >= 11 is 6.05. The fraction of sp³-hybridized carbons (Fsp3) is 0.667. The van der Waals surface area contributed by atoms with Crippen LogP contribution < -0.4 is 5.19 Å². The van der Waals surface area contributed by atoms with E-state index >= 15 is 0 Å². The molecule has 0 aliphatic rings. The molecule has 4 heteroatoms. The summed E-state index contributed by atoms with van der Waals surface area (Å²) in [5, 5.41) is 1.99. The van der Waals surface area contributed by atoms with Gasteiger partial charge in [0.15, 0.2) is 0 Å². The van der Waals surface area contributed by atoms with Crippen LogP contribution in [-0.2, 0) is 8.85 Å². The third-order valence-electron chi connectivity index (χ3n) is 3.81. The zero-order chi connectivity index (χ0) is 16.3. The number of hydrogen-bond donors (Lipinski definition) is 0. The summed E-state index contributed by atoms with van der Waals surface area (Å²) in [5.41, 5.74) is 0. The lowest BCUT2D eigenvalue weighted by Crippen LogP contribution is -2.54. The molecule has 0 bridgehead atoms. The lowest BCUT2D eigenvalue weighted by molar-refractivity contribution is 0.174. The highest BCUT2D eigenvalue weighted by Crippen LogP contribution is 2.20. The van der Waals surface area contributed by atoms with Crippen LogP contribution in [0, 0.1) is 0 Å². The van der Waals surface area contributed by atoms with Gasteiger partial charge in [-0.15, -0.1) is 0 Å². The highest BCUT2D eigenvalue weighted by atomic mass is 35.5. The maximum absolute atomic E-state index is 6.42. The molecule has 22 heavy (non-hydrogen) atoms. The maximum Gasteiger partial charge on any atom is 0.372 e. The van der Waals surface area contributed by atoms with Crippen LogP contribution in [0.5, 0.6) is 0 Å². The smallest absolute Gasteiger partial charge is 0.372 e. The lowest BCUT2D eigenvalue weighted by Gasteiger charge is -2.31. The van der Waals surface area contributed by atoms with Gasteiger partial charge in [-0.1, -0.05) is 70.2 Å². The van der Waals surface area contributed by atoms with Crippen molar-refractivity contribution in [1.82, 2.24) is 0 Å². The van der Waals surface area contributed by atoms with Crippen molar-refractivity contribution >= 4 is 25.3 Å². The zero-order valence-corrected chi connectivity index (χ0v) is 16.1. The molecule has 0 unspecified atom stereocenters. The van der Waals surface area contributed by atoms with Crippen LogP contribution in [0.4, 0.5) is 0 Å². The Morgan fingerprint density at radius 2 is 1.32 bits per heavy atom. The lowest BCUT2D eigenvalue weighted by atomic mass is 10.4. The standard InChI is InChI=1S/C18H31ClO2Si/c1-4-7-14-20-22(16-9-6-3,21-15-8-5-2)18-12-10-17(19)11-13-18/h10-13H,4-9,14-16H2,1-3H3. The minimum absolute atomic E-state index is 0.768. The Kier molecular flexibility index (Phi) is 10.0. The average Bonchev–Trinajstić information content (AvgIpc) is 2.53. The van der Waals surface area contributed by atoms with Gasteiger partial charge in [-0.2, -0.15) is 0 Å². The molecule has 0 spiro atoms. The number of halogens is 1. The third-order valence-corrected chi connectivity index (χ3v) is 7.63. The molecule has 0 amide bonds. The van der Waals surface area contributed by atoms with Crippen LogP contribution in [0.25, 0.3) is 0 Å². The van der Waals surface area contributed by atoms with Crippen molar-refractivity contribution in [3.05, 3.63) is 29.3 Å². The van der Waals surface area contributed by atoms with E-state index in [1.54, 1.807) is 0 Å². The highest BCUT2D eigenvalue weighted by Gasteiger charge is 2.39. The van der Waals surface area contributed by atoms with E-state index in [1.807, 2.05) is 12.1 Å². The Balaban J connectivity index is 2.96. The van der Waals surface area contributed by atoms with Gasteiger partial charge in [-0.3, -0.25) is 0 Å². The van der Waals surface area contributed by atoms with E-state index in [2.05, 4.69) is 32.9 Å². The van der Waals surface area contributed by atoms with Crippen LogP contribution in [-0.4, -0.2) is 21.8 Å². The minimum atomic E-state index is -2.35. The van der Waals surface area contributed by atoms with Crippen molar-refractivity contribution in [3.8, 4) is 0 Å². The molecule has 0 atom stereocenters. The zero-order valence-electron chi connectivity index (χ0n) is 14.4. The molecule has 1 aromatic carbocycles. The monoisotopic (exact) mass is 342 g/mol. The second-order valence-corrected chi connectivity index (χ2v) is 9.36. The summed E-state index contributed by atoms with van der Waals surface area (Å²) in [5.74, 6) is 0. The van der Waals surface area contributed by atoms with Gasteiger partial charge in [0.25, 0.3) is 0 Å². The van der Waals surface area contributed by atoms with Gasteiger partial charge in [0.1, 0.15) is 0 Å². The average molecular weight is 343 g/mol. The molecule has 0 heterocycles. The predicted octanol–water partition coefficient (Wildman–Crippen LogP) is 5.42. The molecule has 0 N–H and O–H groups in total. The van der Waals surface area contributed by atoms with E-state index in [9.17, 15) is 0 Å². The summed E-state index contributed by atoms with van der Waals surface area (Å²) in [7, 11) is -2.35. The van der Waals surface area contributed by atoms with E-state index in [0.717, 1.165) is 62.8 Å². The van der Waals surface area contributed by atoms with Crippen molar-refractivity contribution in [2.24, 2.45) is 0 Å². The van der Waals surface area contributed by atoms with Crippen LogP contribution in [0.1, 0.15) is 59.3 Å². The second-order valence-electron chi connectivity index (χ2n) is 5.77. The molecule has 1 rings (SSSR count). The summed E-state index contributed by atoms with van der Waals surface area (Å²) < 4.78 is 12.8. The molecule has 0 saturated heterocycles. The first kappa shape index (κ1) is 19.7. The first-order valence-electron chi connectivity index (χ1n) is 8.72. The van der Waals surface area contributed by atoms with Crippen molar-refractivity contribution in [1.29, 1.82) is 0 Å². The van der Waals surface area contributed by atoms with E-state index < -0.39 is 8.56 Å². The maximum atomic E-state index is 6.42. The molecule has 0 aliphatic carbocycles. The molecule has 0 saturated carbocycles. The number of rotatable bonds is 12. The first-order chi connectivity index (χ1) is 10.7. The van der Waals surface area contributed by atoms with Crippen molar-refractivity contribution in [3.63, 3.8) is 0 Å². The molecule has 1 aromatic rings. The van der Waals surface area contributed by atoms with Gasteiger partial charge >= 0.3 is 8.56 Å². The van der Waals surface area contributed by atoms with Gasteiger partial charge in [-0.05, 0) is 36.2 Å². The minimum Gasteiger partial charge on any atom is -0.391 e. The van der Waals surface area contributed by atoms with Crippen LogP contribution in [0.15, 0.2) is 24.3 Å². The highest BCUT2D eigenvalue weighted by molar-refractivity contribution is 6.81. The van der Waals surface area contributed by atoms with Gasteiger partial charge in [0.05, 0.1) is 0 Å². The molecular weight excluding hydrogens is 312 g/mol. The van der Waals surface area contributed by atoms with E-state index in [-0.39, 0.29) is 0 Å². The fourth-order valence-electron chi connectivity index (χ4n) is 2.37. The molecule has 2 nitrogen and oxygen atoms in total. The third kappa shape index (κ3) is 6.41. The van der Waals surface area contributed by atoms with Crippen LogP contribution in [0.2, 0.25) is 11.1 Å². The quantitative estimate of drug-likeness (QED) is 0.373. The Labute approximate surface area is 142 Å². The Bertz CT molecular complexity index is 385. The van der Waals surface area contributed by atoms with E-state index in [0.29, 0.717) is 0 Å². The molecule has 0 fully saturated rings. The Morgan fingerprint density at radius 1 is 0.818 bits per heavy atom. The molecule has 126 valence electrons. The Hall–Kier alpha value is -0.353. The number of hydrogen-bond acceptors (Lipinski definition) is 2. The van der Waals surface area contributed by atoms with Crippen molar-refractivity contribution < 1.29 is 8.85 Å². The molecule has 0 aromatic heterocycles. The fourth-order valence-corrected chi connectivity index (χ4v) is 5.93. The molecule has 0 radical (unpaired) electrons. The molecular formula is C18H31ClO2Si. The van der Waals surface area contributed by atoms with Gasteiger partial charge in [0.2, 0.25) is 0 Å². The van der Waals surface area contributed by atoms with Gasteiger partial charge in [-0.25, -0.2) is 0 Å². The van der Waals surface area contributed by atoms with Gasteiger partial charge < -0.3 is 8.85 Å². The number of unbranched alkanes of at least 4 members (excludes halogenated alkanes) is 3.